The molecule has 1 heterocycles. The van der Waals surface area contributed by atoms with Gasteiger partial charge in [0.25, 0.3) is 0 Å². The quantitative estimate of drug-likeness (QED) is 0.531. The van der Waals surface area contributed by atoms with Crippen LogP contribution in [0.5, 0.6) is 0 Å². The number of hydrogen-bond donors (Lipinski definition) is 0. The molecule has 120 valence electrons. The Balaban J connectivity index is 2.78. The average molecular weight is 296 g/mol. The molecule has 4 heteroatoms. The first-order valence-corrected chi connectivity index (χ1v) is 7.61. The van der Waals surface area contributed by atoms with Gasteiger partial charge in [-0.25, -0.2) is 0 Å². The van der Waals surface area contributed by atoms with Gasteiger partial charge in [0, 0.05) is 12.8 Å². The molecular formula is C17H28O4. The zero-order valence-corrected chi connectivity index (χ0v) is 13.9. The SMILES string of the molecule is CC(=O)OCC(C)C(=C(C)CCC=C(C)C)C1OCCO1. The van der Waals surface area contributed by atoms with Crippen LogP contribution in [0.15, 0.2) is 22.8 Å². The minimum absolute atomic E-state index is 0.101. The second-order valence-electron chi connectivity index (χ2n) is 5.83. The molecule has 1 aliphatic heterocycles. The molecule has 1 fully saturated rings. The zero-order chi connectivity index (χ0) is 15.8. The molecule has 1 atom stereocenters. The molecule has 0 spiro atoms. The van der Waals surface area contributed by atoms with Crippen molar-refractivity contribution in [2.45, 2.75) is 53.8 Å². The number of ether oxygens (including phenoxy) is 3. The van der Waals surface area contributed by atoms with Crippen molar-refractivity contribution < 1.29 is 19.0 Å². The Bertz CT molecular complexity index is 399. The van der Waals surface area contributed by atoms with E-state index in [-0.39, 0.29) is 18.2 Å². The van der Waals surface area contributed by atoms with Crippen molar-refractivity contribution >= 4 is 5.97 Å². The molecule has 21 heavy (non-hydrogen) atoms. The number of carbonyl (C=O) groups is 1. The maximum absolute atomic E-state index is 11.0. The van der Waals surface area contributed by atoms with Crippen molar-refractivity contribution in [3.8, 4) is 0 Å². The molecule has 0 amide bonds. The Kier molecular flexibility index (Phi) is 7.68. The van der Waals surface area contributed by atoms with Crippen LogP contribution in [-0.4, -0.2) is 32.1 Å². The first-order valence-electron chi connectivity index (χ1n) is 7.61. The molecule has 1 rings (SSSR count). The van der Waals surface area contributed by atoms with Crippen molar-refractivity contribution in [2.24, 2.45) is 5.92 Å². The predicted molar refractivity (Wildman–Crippen MR) is 82.9 cm³/mol. The third kappa shape index (κ3) is 6.44. The van der Waals surface area contributed by atoms with Crippen LogP contribution in [0.4, 0.5) is 0 Å². The standard InChI is InChI=1S/C17H28O4/c1-12(2)7-6-8-13(3)16(17-19-9-10-20-17)14(4)11-21-15(5)18/h7,14,17H,6,8-11H2,1-5H3. The minimum atomic E-state index is -0.290. The summed E-state index contributed by atoms with van der Waals surface area (Å²) in [6, 6.07) is 0. The van der Waals surface area contributed by atoms with Gasteiger partial charge < -0.3 is 14.2 Å². The summed E-state index contributed by atoms with van der Waals surface area (Å²) < 4.78 is 16.5. The minimum Gasteiger partial charge on any atom is -0.465 e. The summed E-state index contributed by atoms with van der Waals surface area (Å²) in [4.78, 5) is 11.0. The van der Waals surface area contributed by atoms with Gasteiger partial charge >= 0.3 is 5.97 Å². The predicted octanol–water partition coefficient (Wildman–Crippen LogP) is 3.62. The first-order chi connectivity index (χ1) is 9.91. The van der Waals surface area contributed by atoms with Crippen LogP contribution < -0.4 is 0 Å². The molecule has 0 aromatic carbocycles. The van der Waals surface area contributed by atoms with E-state index >= 15 is 0 Å². The maximum atomic E-state index is 11.0. The Morgan fingerprint density at radius 3 is 2.38 bits per heavy atom. The van der Waals surface area contributed by atoms with Crippen LogP contribution in [0.25, 0.3) is 0 Å². The van der Waals surface area contributed by atoms with Crippen LogP contribution in [0, 0.1) is 5.92 Å². The first kappa shape index (κ1) is 17.9. The van der Waals surface area contributed by atoms with Crippen LogP contribution in [-0.2, 0) is 19.0 Å². The van der Waals surface area contributed by atoms with Gasteiger partial charge in [-0.2, -0.15) is 0 Å². The molecule has 1 saturated heterocycles. The van der Waals surface area contributed by atoms with E-state index in [0.717, 1.165) is 18.4 Å². The van der Waals surface area contributed by atoms with Gasteiger partial charge in [-0.3, -0.25) is 4.79 Å². The number of esters is 1. The van der Waals surface area contributed by atoms with Crippen LogP contribution in [0.1, 0.15) is 47.5 Å². The van der Waals surface area contributed by atoms with Gasteiger partial charge in [0.2, 0.25) is 0 Å². The number of rotatable bonds is 7. The lowest BCUT2D eigenvalue weighted by atomic mass is 9.93. The topological polar surface area (TPSA) is 44.8 Å². The Labute approximate surface area is 128 Å². The van der Waals surface area contributed by atoms with E-state index in [4.69, 9.17) is 14.2 Å². The molecule has 0 N–H and O–H groups in total. The Morgan fingerprint density at radius 2 is 1.86 bits per heavy atom. The van der Waals surface area contributed by atoms with E-state index in [9.17, 15) is 4.79 Å². The van der Waals surface area contributed by atoms with Gasteiger partial charge in [0.05, 0.1) is 19.8 Å². The highest BCUT2D eigenvalue weighted by molar-refractivity contribution is 5.65. The lowest BCUT2D eigenvalue weighted by molar-refractivity contribution is -0.142. The van der Waals surface area contributed by atoms with Crippen molar-refractivity contribution in [2.75, 3.05) is 19.8 Å². The summed E-state index contributed by atoms with van der Waals surface area (Å²) >= 11 is 0. The van der Waals surface area contributed by atoms with Gasteiger partial charge in [0.1, 0.15) is 0 Å². The molecule has 0 saturated carbocycles. The van der Waals surface area contributed by atoms with E-state index in [1.165, 1.54) is 18.1 Å². The van der Waals surface area contributed by atoms with Crippen LogP contribution in [0.3, 0.4) is 0 Å². The summed E-state index contributed by atoms with van der Waals surface area (Å²) in [5.41, 5.74) is 3.71. The van der Waals surface area contributed by atoms with Crippen LogP contribution in [0.2, 0.25) is 0 Å². The highest BCUT2D eigenvalue weighted by atomic mass is 16.7. The van der Waals surface area contributed by atoms with Gasteiger partial charge in [-0.05, 0) is 39.2 Å². The molecule has 0 aliphatic carbocycles. The van der Waals surface area contributed by atoms with E-state index < -0.39 is 0 Å². The van der Waals surface area contributed by atoms with Crippen LogP contribution >= 0.6 is 0 Å². The van der Waals surface area contributed by atoms with E-state index in [1.54, 1.807) is 0 Å². The number of allylic oxidation sites excluding steroid dienone is 3. The molecular weight excluding hydrogens is 268 g/mol. The van der Waals surface area contributed by atoms with Gasteiger partial charge in [0.15, 0.2) is 6.29 Å². The van der Waals surface area contributed by atoms with E-state index in [1.807, 2.05) is 6.92 Å². The highest BCUT2D eigenvalue weighted by Crippen LogP contribution is 2.27. The summed E-state index contributed by atoms with van der Waals surface area (Å²) in [5.74, 6) is -0.152. The fraction of sp³-hybridized carbons (Fsp3) is 0.706. The Morgan fingerprint density at radius 1 is 1.24 bits per heavy atom. The molecule has 0 aromatic rings. The molecule has 0 radical (unpaired) electrons. The number of carbonyl (C=O) groups excluding carboxylic acids is 1. The largest absolute Gasteiger partial charge is 0.465 e. The smallest absolute Gasteiger partial charge is 0.302 e. The second-order valence-corrected chi connectivity index (χ2v) is 5.83. The van der Waals surface area contributed by atoms with E-state index in [0.29, 0.717) is 19.8 Å². The highest BCUT2D eigenvalue weighted by Gasteiger charge is 2.27. The Hall–Kier alpha value is -1.13. The normalized spacial score (nSPS) is 18.1. The van der Waals surface area contributed by atoms with Gasteiger partial charge in [-0.1, -0.05) is 24.1 Å². The third-order valence-electron chi connectivity index (χ3n) is 3.51. The lowest BCUT2D eigenvalue weighted by Gasteiger charge is -2.23. The van der Waals surface area contributed by atoms with Crippen molar-refractivity contribution in [1.29, 1.82) is 0 Å². The van der Waals surface area contributed by atoms with Crippen molar-refractivity contribution in [3.05, 3.63) is 22.8 Å². The number of hydrogen-bond acceptors (Lipinski definition) is 4. The third-order valence-corrected chi connectivity index (χ3v) is 3.51. The zero-order valence-electron chi connectivity index (χ0n) is 13.9. The van der Waals surface area contributed by atoms with E-state index in [2.05, 4.69) is 26.8 Å². The maximum Gasteiger partial charge on any atom is 0.302 e. The van der Waals surface area contributed by atoms with Crippen molar-refractivity contribution in [1.82, 2.24) is 0 Å². The lowest BCUT2D eigenvalue weighted by Crippen LogP contribution is -2.23. The molecule has 0 aromatic heterocycles. The summed E-state index contributed by atoms with van der Waals surface area (Å²) in [7, 11) is 0. The fourth-order valence-electron chi connectivity index (χ4n) is 2.45. The summed E-state index contributed by atoms with van der Waals surface area (Å²) in [5, 5.41) is 0. The van der Waals surface area contributed by atoms with Crippen molar-refractivity contribution in [3.63, 3.8) is 0 Å². The average Bonchev–Trinajstić information content (AvgIpc) is 2.89. The molecule has 1 aliphatic rings. The van der Waals surface area contributed by atoms with Gasteiger partial charge in [-0.15, -0.1) is 0 Å². The molecule has 1 unspecified atom stereocenters. The monoisotopic (exact) mass is 296 g/mol. The molecule has 4 nitrogen and oxygen atoms in total. The fourth-order valence-corrected chi connectivity index (χ4v) is 2.45. The summed E-state index contributed by atoms with van der Waals surface area (Å²) in [6.07, 6.45) is 3.91. The second kappa shape index (κ2) is 9.00. The summed E-state index contributed by atoms with van der Waals surface area (Å²) in [6.45, 7) is 11.4. The molecule has 0 bridgehead atoms.